The fourth-order valence-corrected chi connectivity index (χ4v) is 1.77. The molecule has 1 heterocycles. The molecule has 0 bridgehead atoms. The molecule has 0 aromatic heterocycles. The number of carbonyl (C=O) groups excluding carboxylic acids is 1. The summed E-state index contributed by atoms with van der Waals surface area (Å²) in [5, 5.41) is 1.71. The number of amides is 1. The Bertz CT molecular complexity index is 521. The van der Waals surface area contributed by atoms with Crippen LogP contribution in [0, 0.1) is 11.6 Å². The number of benzene rings is 1. The minimum atomic E-state index is -3.64. The molecular weight excluding hydrogens is 270 g/mol. The van der Waals surface area contributed by atoms with E-state index in [1.165, 1.54) is 0 Å². The third-order valence-corrected chi connectivity index (χ3v) is 2.68. The van der Waals surface area contributed by atoms with Crippen LogP contribution in [0.5, 0.6) is 5.75 Å². The van der Waals surface area contributed by atoms with Gasteiger partial charge in [0.05, 0.1) is 12.7 Å². The minimum absolute atomic E-state index is 0.395. The molecule has 1 aliphatic heterocycles. The molecule has 1 aromatic carbocycles. The summed E-state index contributed by atoms with van der Waals surface area (Å²) < 4.78 is 63.4. The fourth-order valence-electron chi connectivity index (χ4n) is 1.77. The lowest BCUT2D eigenvalue weighted by Crippen LogP contribution is -2.50. The van der Waals surface area contributed by atoms with Crippen molar-refractivity contribution in [3.8, 4) is 5.75 Å². The molecule has 1 atom stereocenters. The molecule has 1 saturated heterocycles. The van der Waals surface area contributed by atoms with E-state index >= 15 is 0 Å². The maximum atomic E-state index is 13.9. The summed E-state index contributed by atoms with van der Waals surface area (Å²) >= 11 is 0. The molecule has 19 heavy (non-hydrogen) atoms. The molecule has 1 aliphatic rings. The number of hydrogen-bond donors (Lipinski definition) is 1. The second kappa shape index (κ2) is 4.60. The normalized spacial score (nSPS) is 21.5. The molecular formula is C11H9F4NO3. The van der Waals surface area contributed by atoms with Gasteiger partial charge in [-0.15, -0.1) is 0 Å². The Morgan fingerprint density at radius 1 is 1.42 bits per heavy atom. The van der Waals surface area contributed by atoms with Crippen molar-refractivity contribution in [2.75, 3.05) is 13.7 Å². The van der Waals surface area contributed by atoms with E-state index in [0.29, 0.717) is 0 Å². The van der Waals surface area contributed by atoms with Crippen molar-refractivity contribution in [2.24, 2.45) is 0 Å². The van der Waals surface area contributed by atoms with E-state index in [-0.39, 0.29) is 0 Å². The van der Waals surface area contributed by atoms with Crippen molar-refractivity contribution >= 4 is 6.09 Å². The van der Waals surface area contributed by atoms with Crippen molar-refractivity contribution in [2.45, 2.75) is 12.0 Å². The molecule has 0 spiro atoms. The number of methoxy groups -OCH3 is 1. The van der Waals surface area contributed by atoms with Gasteiger partial charge in [-0.05, 0) is 12.1 Å². The summed E-state index contributed by atoms with van der Waals surface area (Å²) in [6.45, 7) is -1.25. The van der Waals surface area contributed by atoms with E-state index < -0.39 is 47.6 Å². The van der Waals surface area contributed by atoms with Gasteiger partial charge in [0.15, 0.2) is 18.2 Å². The van der Waals surface area contributed by atoms with Crippen LogP contribution in [0.25, 0.3) is 0 Å². The molecule has 0 radical (unpaired) electrons. The van der Waals surface area contributed by atoms with E-state index in [2.05, 4.69) is 9.47 Å². The highest BCUT2D eigenvalue weighted by Gasteiger charge is 2.49. The summed E-state index contributed by atoms with van der Waals surface area (Å²) in [5.74, 6) is -6.52. The van der Waals surface area contributed by atoms with Gasteiger partial charge in [-0.2, -0.15) is 0 Å². The van der Waals surface area contributed by atoms with E-state index in [4.69, 9.17) is 0 Å². The number of ether oxygens (including phenoxy) is 2. The van der Waals surface area contributed by atoms with Gasteiger partial charge in [0.2, 0.25) is 0 Å². The Labute approximate surface area is 105 Å². The van der Waals surface area contributed by atoms with Crippen LogP contribution in [0.1, 0.15) is 11.6 Å². The smallest absolute Gasteiger partial charge is 0.408 e. The van der Waals surface area contributed by atoms with Crippen LogP contribution in [0.15, 0.2) is 12.1 Å². The van der Waals surface area contributed by atoms with Crippen LogP contribution < -0.4 is 10.1 Å². The van der Waals surface area contributed by atoms with Gasteiger partial charge in [-0.25, -0.2) is 22.4 Å². The zero-order valence-corrected chi connectivity index (χ0v) is 9.68. The Balaban J connectivity index is 2.53. The fraction of sp³-hybridized carbons (Fsp3) is 0.364. The number of halogens is 4. The van der Waals surface area contributed by atoms with Crippen molar-refractivity contribution in [3.05, 3.63) is 29.3 Å². The van der Waals surface area contributed by atoms with Gasteiger partial charge in [0.25, 0.3) is 0 Å². The third kappa shape index (κ3) is 2.29. The molecule has 1 N–H and O–H groups in total. The second-order valence-corrected chi connectivity index (χ2v) is 3.89. The highest BCUT2D eigenvalue weighted by atomic mass is 19.3. The highest BCUT2D eigenvalue weighted by molar-refractivity contribution is 5.69. The first-order chi connectivity index (χ1) is 8.86. The Kier molecular flexibility index (Phi) is 3.25. The predicted molar refractivity (Wildman–Crippen MR) is 55.1 cm³/mol. The molecule has 4 nitrogen and oxygen atoms in total. The van der Waals surface area contributed by atoms with Crippen LogP contribution in [0.3, 0.4) is 0 Å². The monoisotopic (exact) mass is 279 g/mol. The highest BCUT2D eigenvalue weighted by Crippen LogP contribution is 2.38. The maximum absolute atomic E-state index is 13.9. The van der Waals surface area contributed by atoms with Crippen LogP contribution in [0.2, 0.25) is 0 Å². The largest absolute Gasteiger partial charge is 0.494 e. The predicted octanol–water partition coefficient (Wildman–Crippen LogP) is 2.39. The van der Waals surface area contributed by atoms with Crippen molar-refractivity contribution in [1.82, 2.24) is 5.32 Å². The summed E-state index contributed by atoms with van der Waals surface area (Å²) in [4.78, 5) is 11.0. The lowest BCUT2D eigenvalue weighted by molar-refractivity contribution is -0.105. The van der Waals surface area contributed by atoms with Gasteiger partial charge < -0.3 is 14.8 Å². The standard InChI is InChI=1S/C11H9F4NO3/c1-18-6-3-2-5(12)7(8(6)13)9-11(14,15)4-19-10(17)16-9/h2-3,9H,4H2,1H3,(H,16,17)/t9-/m0/s1. The van der Waals surface area contributed by atoms with Crippen LogP contribution >= 0.6 is 0 Å². The molecule has 1 amide bonds. The summed E-state index contributed by atoms with van der Waals surface area (Å²) in [5.41, 5.74) is -0.957. The minimum Gasteiger partial charge on any atom is -0.494 e. The summed E-state index contributed by atoms with van der Waals surface area (Å²) in [6, 6.07) is -0.397. The number of hydrogen-bond acceptors (Lipinski definition) is 3. The Morgan fingerprint density at radius 3 is 2.74 bits per heavy atom. The molecule has 104 valence electrons. The number of carbonyl (C=O) groups is 1. The average Bonchev–Trinajstić information content (AvgIpc) is 2.34. The van der Waals surface area contributed by atoms with Gasteiger partial charge in [0.1, 0.15) is 11.9 Å². The summed E-state index contributed by atoms with van der Waals surface area (Å²) in [6.07, 6.45) is -1.17. The maximum Gasteiger partial charge on any atom is 0.408 e. The quantitative estimate of drug-likeness (QED) is 0.846. The van der Waals surface area contributed by atoms with E-state index in [9.17, 15) is 22.4 Å². The van der Waals surface area contributed by atoms with Crippen LogP contribution in [0.4, 0.5) is 22.4 Å². The average molecular weight is 279 g/mol. The van der Waals surface area contributed by atoms with Crippen LogP contribution in [-0.2, 0) is 4.74 Å². The molecule has 2 rings (SSSR count). The molecule has 8 heteroatoms. The molecule has 1 fully saturated rings. The van der Waals surface area contributed by atoms with Gasteiger partial charge in [0, 0.05) is 0 Å². The van der Waals surface area contributed by atoms with Gasteiger partial charge in [-0.1, -0.05) is 0 Å². The Morgan fingerprint density at radius 2 is 2.11 bits per heavy atom. The summed E-state index contributed by atoms with van der Waals surface area (Å²) in [7, 11) is 1.11. The first-order valence-electron chi connectivity index (χ1n) is 5.20. The SMILES string of the molecule is COc1ccc(F)c([C@@H]2NC(=O)OCC2(F)F)c1F. The lowest BCUT2D eigenvalue weighted by Gasteiger charge is -2.32. The Hall–Kier alpha value is -1.99. The van der Waals surface area contributed by atoms with Crippen molar-refractivity contribution in [1.29, 1.82) is 0 Å². The lowest BCUT2D eigenvalue weighted by atomic mass is 9.98. The van der Waals surface area contributed by atoms with E-state index in [0.717, 1.165) is 19.2 Å². The second-order valence-electron chi connectivity index (χ2n) is 3.89. The topological polar surface area (TPSA) is 47.6 Å². The molecule has 0 unspecified atom stereocenters. The van der Waals surface area contributed by atoms with Crippen molar-refractivity contribution < 1.29 is 31.8 Å². The van der Waals surface area contributed by atoms with E-state index in [1.807, 2.05) is 0 Å². The third-order valence-electron chi connectivity index (χ3n) is 2.68. The zero-order valence-electron chi connectivity index (χ0n) is 9.68. The molecule has 1 aromatic rings. The number of alkyl halides is 2. The number of rotatable bonds is 2. The molecule has 0 saturated carbocycles. The zero-order chi connectivity index (χ0) is 14.2. The number of nitrogens with one attached hydrogen (secondary N) is 1. The number of alkyl carbamates (subject to hydrolysis) is 1. The first kappa shape index (κ1) is 13.4. The van der Waals surface area contributed by atoms with Gasteiger partial charge in [-0.3, -0.25) is 0 Å². The van der Waals surface area contributed by atoms with Gasteiger partial charge >= 0.3 is 12.0 Å². The number of cyclic esters (lactones) is 1. The molecule has 0 aliphatic carbocycles. The first-order valence-corrected chi connectivity index (χ1v) is 5.20. The van der Waals surface area contributed by atoms with Crippen molar-refractivity contribution in [3.63, 3.8) is 0 Å². The van der Waals surface area contributed by atoms with E-state index in [1.54, 1.807) is 5.32 Å². The van der Waals surface area contributed by atoms with Crippen LogP contribution in [-0.4, -0.2) is 25.7 Å².